The Kier molecular flexibility index (Phi) is 6.15. The van der Waals surface area contributed by atoms with E-state index in [1.165, 1.54) is 4.31 Å². The van der Waals surface area contributed by atoms with E-state index >= 15 is 0 Å². The molecular weight excluding hydrogens is 348 g/mol. The molecule has 0 bridgehead atoms. The Morgan fingerprint density at radius 3 is 2.25 bits per heavy atom. The lowest BCUT2D eigenvalue weighted by molar-refractivity contribution is -0.133. The predicted molar refractivity (Wildman–Crippen MR) is 97.9 cm³/mol. The van der Waals surface area contributed by atoms with Crippen molar-refractivity contribution >= 4 is 33.2 Å². The lowest BCUT2D eigenvalue weighted by Gasteiger charge is -2.35. The van der Waals surface area contributed by atoms with Crippen LogP contribution in [0.25, 0.3) is 0 Å². The van der Waals surface area contributed by atoms with Crippen molar-refractivity contribution in [1.82, 2.24) is 4.90 Å². The summed E-state index contributed by atoms with van der Waals surface area (Å²) < 4.78 is 26.0. The van der Waals surface area contributed by atoms with E-state index in [9.17, 15) is 13.2 Å². The number of anilines is 1. The zero-order valence-electron chi connectivity index (χ0n) is 14.4. The molecule has 0 radical (unpaired) electrons. The summed E-state index contributed by atoms with van der Waals surface area (Å²) in [7, 11) is -1.82. The molecule has 0 aliphatic heterocycles. The van der Waals surface area contributed by atoms with Crippen LogP contribution in [0.5, 0.6) is 0 Å². The Labute approximate surface area is 149 Å². The fraction of sp³-hybridized carbons (Fsp3) is 0.588. The first-order valence-electron chi connectivity index (χ1n) is 8.27. The van der Waals surface area contributed by atoms with E-state index in [1.807, 2.05) is 6.92 Å². The van der Waals surface area contributed by atoms with Crippen LogP contribution in [-0.2, 0) is 14.8 Å². The van der Waals surface area contributed by atoms with E-state index in [-0.39, 0.29) is 11.9 Å². The van der Waals surface area contributed by atoms with Crippen molar-refractivity contribution in [2.45, 2.75) is 51.1 Å². The van der Waals surface area contributed by atoms with Gasteiger partial charge in [-0.25, -0.2) is 8.42 Å². The number of rotatable bonds is 6. The first kappa shape index (κ1) is 19.1. The van der Waals surface area contributed by atoms with Gasteiger partial charge in [0.05, 0.1) is 11.9 Å². The third kappa shape index (κ3) is 4.22. The highest BCUT2D eigenvalue weighted by Crippen LogP contribution is 2.28. The molecule has 2 rings (SSSR count). The minimum atomic E-state index is -3.60. The highest BCUT2D eigenvalue weighted by atomic mass is 35.5. The highest BCUT2D eigenvalue weighted by molar-refractivity contribution is 7.92. The molecule has 0 aromatic heterocycles. The van der Waals surface area contributed by atoms with Crippen LogP contribution in [0.4, 0.5) is 5.69 Å². The maximum atomic E-state index is 13.0. The maximum Gasteiger partial charge on any atom is 0.246 e. The second-order valence-electron chi connectivity index (χ2n) is 6.35. The molecule has 0 saturated heterocycles. The Morgan fingerprint density at radius 2 is 1.79 bits per heavy atom. The van der Waals surface area contributed by atoms with Crippen molar-refractivity contribution in [3.05, 3.63) is 29.3 Å². The Bertz CT molecular complexity index is 670. The number of carbonyl (C=O) groups is 1. The number of hydrogen-bond acceptors (Lipinski definition) is 3. The number of carbonyl (C=O) groups excluding carboxylic acids is 1. The van der Waals surface area contributed by atoms with E-state index in [2.05, 4.69) is 0 Å². The molecule has 7 heteroatoms. The number of hydrogen-bond donors (Lipinski definition) is 0. The minimum absolute atomic E-state index is 0.148. The Morgan fingerprint density at radius 1 is 1.25 bits per heavy atom. The largest absolute Gasteiger partial charge is 0.341 e. The first-order valence-corrected chi connectivity index (χ1v) is 10.5. The van der Waals surface area contributed by atoms with E-state index in [1.54, 1.807) is 36.2 Å². The molecule has 1 fully saturated rings. The van der Waals surface area contributed by atoms with Crippen molar-refractivity contribution in [3.63, 3.8) is 0 Å². The van der Waals surface area contributed by atoms with Gasteiger partial charge in [-0.2, -0.15) is 0 Å². The molecular formula is C17H25ClN2O3S. The number of benzene rings is 1. The van der Waals surface area contributed by atoms with Gasteiger partial charge in [0.25, 0.3) is 0 Å². The van der Waals surface area contributed by atoms with Gasteiger partial charge in [-0.05, 0) is 43.5 Å². The predicted octanol–water partition coefficient (Wildman–Crippen LogP) is 3.29. The maximum absolute atomic E-state index is 13.0. The van der Waals surface area contributed by atoms with Gasteiger partial charge in [0.2, 0.25) is 15.9 Å². The van der Waals surface area contributed by atoms with Crippen molar-refractivity contribution in [3.8, 4) is 0 Å². The van der Waals surface area contributed by atoms with Crippen LogP contribution in [0, 0.1) is 0 Å². The number of likely N-dealkylation sites (N-methyl/N-ethyl adjacent to an activating group) is 1. The molecule has 1 aliphatic rings. The molecule has 134 valence electrons. The van der Waals surface area contributed by atoms with Gasteiger partial charge in [-0.1, -0.05) is 31.4 Å². The van der Waals surface area contributed by atoms with E-state index < -0.39 is 16.1 Å². The van der Waals surface area contributed by atoms with Crippen LogP contribution < -0.4 is 4.31 Å². The van der Waals surface area contributed by atoms with Crippen LogP contribution in [0.2, 0.25) is 5.02 Å². The normalized spacial score (nSPS) is 16.8. The smallest absolute Gasteiger partial charge is 0.246 e. The molecule has 0 spiro atoms. The average molecular weight is 373 g/mol. The molecule has 5 nitrogen and oxygen atoms in total. The Balaban J connectivity index is 2.35. The van der Waals surface area contributed by atoms with Gasteiger partial charge in [0.1, 0.15) is 6.04 Å². The van der Waals surface area contributed by atoms with Crippen LogP contribution in [-0.4, -0.2) is 44.6 Å². The summed E-state index contributed by atoms with van der Waals surface area (Å²) in [6.45, 7) is 1.83. The lowest BCUT2D eigenvalue weighted by atomic mass is 10.1. The number of amides is 1. The van der Waals surface area contributed by atoms with Gasteiger partial charge in [0, 0.05) is 18.1 Å². The van der Waals surface area contributed by atoms with Crippen LogP contribution in [0.3, 0.4) is 0 Å². The molecule has 1 amide bonds. The van der Waals surface area contributed by atoms with Gasteiger partial charge in [0.15, 0.2) is 0 Å². The monoisotopic (exact) mass is 372 g/mol. The summed E-state index contributed by atoms with van der Waals surface area (Å²) in [5.41, 5.74) is 0.460. The summed E-state index contributed by atoms with van der Waals surface area (Å²) in [4.78, 5) is 14.7. The number of sulfonamides is 1. The number of nitrogens with zero attached hydrogens (tertiary/aromatic N) is 2. The quantitative estimate of drug-likeness (QED) is 0.769. The van der Waals surface area contributed by atoms with Crippen LogP contribution in [0.15, 0.2) is 24.3 Å². The topological polar surface area (TPSA) is 57.7 Å². The molecule has 0 unspecified atom stereocenters. The van der Waals surface area contributed by atoms with Gasteiger partial charge in [-0.15, -0.1) is 0 Å². The lowest BCUT2D eigenvalue weighted by Crippen LogP contribution is -2.51. The van der Waals surface area contributed by atoms with Crippen molar-refractivity contribution in [2.24, 2.45) is 0 Å². The molecule has 1 aromatic carbocycles. The highest BCUT2D eigenvalue weighted by Gasteiger charge is 2.35. The second-order valence-corrected chi connectivity index (χ2v) is 8.64. The van der Waals surface area contributed by atoms with Crippen LogP contribution >= 0.6 is 11.6 Å². The zero-order chi connectivity index (χ0) is 17.9. The van der Waals surface area contributed by atoms with Crippen molar-refractivity contribution in [1.29, 1.82) is 0 Å². The van der Waals surface area contributed by atoms with Gasteiger partial charge < -0.3 is 4.90 Å². The van der Waals surface area contributed by atoms with Crippen LogP contribution in [0.1, 0.15) is 39.0 Å². The average Bonchev–Trinajstić information content (AvgIpc) is 3.05. The molecule has 1 aliphatic carbocycles. The standard InChI is InChI=1S/C17H25ClN2O3S/c1-4-16(17(21)19(2)14-7-5-6-8-14)20(24(3,22)23)15-11-9-13(18)10-12-15/h9-12,14,16H,4-8H2,1-3H3/t16-/m1/s1. The summed E-state index contributed by atoms with van der Waals surface area (Å²) in [6, 6.07) is 5.99. The number of halogens is 1. The summed E-state index contributed by atoms with van der Waals surface area (Å²) in [6.07, 6.45) is 5.74. The summed E-state index contributed by atoms with van der Waals surface area (Å²) >= 11 is 5.90. The fourth-order valence-corrected chi connectivity index (χ4v) is 4.67. The first-order chi connectivity index (χ1) is 11.3. The Hall–Kier alpha value is -1.27. The molecule has 1 saturated carbocycles. The molecule has 24 heavy (non-hydrogen) atoms. The van der Waals surface area contributed by atoms with Crippen molar-refractivity contribution in [2.75, 3.05) is 17.6 Å². The van der Waals surface area contributed by atoms with E-state index in [0.29, 0.717) is 17.1 Å². The van der Waals surface area contributed by atoms with E-state index in [0.717, 1.165) is 31.9 Å². The third-order valence-corrected chi connectivity index (χ3v) is 6.05. The third-order valence-electron chi connectivity index (χ3n) is 4.61. The molecule has 1 aromatic rings. The zero-order valence-corrected chi connectivity index (χ0v) is 16.0. The van der Waals surface area contributed by atoms with Gasteiger partial charge in [-0.3, -0.25) is 9.10 Å². The van der Waals surface area contributed by atoms with Gasteiger partial charge >= 0.3 is 0 Å². The molecule has 0 N–H and O–H groups in total. The summed E-state index contributed by atoms with van der Waals surface area (Å²) in [5, 5.41) is 0.523. The fourth-order valence-electron chi connectivity index (χ4n) is 3.34. The minimum Gasteiger partial charge on any atom is -0.341 e. The molecule has 0 heterocycles. The van der Waals surface area contributed by atoms with Crippen molar-refractivity contribution < 1.29 is 13.2 Å². The second kappa shape index (κ2) is 7.74. The van der Waals surface area contributed by atoms with E-state index in [4.69, 9.17) is 11.6 Å². The molecule has 1 atom stereocenters. The summed E-state index contributed by atoms with van der Waals surface area (Å²) in [5.74, 6) is -0.148. The SMILES string of the molecule is CC[C@H](C(=O)N(C)C1CCCC1)N(c1ccc(Cl)cc1)S(C)(=O)=O.